The molecule has 6 heteroatoms. The maximum absolute atomic E-state index is 13.9. The van der Waals surface area contributed by atoms with Crippen molar-refractivity contribution in [3.05, 3.63) is 65.5 Å². The van der Waals surface area contributed by atoms with E-state index in [4.69, 9.17) is 4.74 Å². The number of halogens is 2. The van der Waals surface area contributed by atoms with Gasteiger partial charge in [0.15, 0.2) is 0 Å². The SMILES string of the molecule is OC[C@]1(Cc2ccccc2F)CN(Cc2ccc(F)cn2)CCO1. The molecule has 1 aromatic carbocycles. The van der Waals surface area contributed by atoms with Gasteiger partial charge in [0.2, 0.25) is 0 Å². The van der Waals surface area contributed by atoms with Gasteiger partial charge in [-0.2, -0.15) is 0 Å². The number of hydrogen-bond acceptors (Lipinski definition) is 4. The maximum Gasteiger partial charge on any atom is 0.141 e. The lowest BCUT2D eigenvalue weighted by atomic mass is 9.92. The molecule has 0 amide bonds. The zero-order chi connectivity index (χ0) is 17.0. The number of benzene rings is 1. The molecule has 1 aliphatic heterocycles. The summed E-state index contributed by atoms with van der Waals surface area (Å²) in [6, 6.07) is 9.54. The molecule has 1 saturated heterocycles. The molecule has 128 valence electrons. The van der Waals surface area contributed by atoms with Crippen molar-refractivity contribution in [2.45, 2.75) is 18.6 Å². The van der Waals surface area contributed by atoms with Gasteiger partial charge in [-0.15, -0.1) is 0 Å². The minimum atomic E-state index is -0.847. The van der Waals surface area contributed by atoms with E-state index in [1.165, 1.54) is 18.3 Å². The first-order valence-electron chi connectivity index (χ1n) is 7.91. The Balaban J connectivity index is 1.72. The highest BCUT2D eigenvalue weighted by Gasteiger charge is 2.37. The van der Waals surface area contributed by atoms with Crippen LogP contribution in [0, 0.1) is 11.6 Å². The molecule has 0 radical (unpaired) electrons. The van der Waals surface area contributed by atoms with E-state index in [1.807, 2.05) is 0 Å². The number of nitrogens with zero attached hydrogens (tertiary/aromatic N) is 2. The van der Waals surface area contributed by atoms with Gasteiger partial charge in [-0.05, 0) is 23.8 Å². The first-order chi connectivity index (χ1) is 11.6. The van der Waals surface area contributed by atoms with Crippen LogP contribution in [0.2, 0.25) is 0 Å². The van der Waals surface area contributed by atoms with Crippen molar-refractivity contribution < 1.29 is 18.6 Å². The fourth-order valence-corrected chi connectivity index (χ4v) is 3.03. The number of hydrogen-bond donors (Lipinski definition) is 1. The molecule has 1 aromatic heterocycles. The lowest BCUT2D eigenvalue weighted by Gasteiger charge is -2.41. The van der Waals surface area contributed by atoms with E-state index in [0.29, 0.717) is 38.2 Å². The first-order valence-corrected chi connectivity index (χ1v) is 7.91. The van der Waals surface area contributed by atoms with E-state index >= 15 is 0 Å². The monoisotopic (exact) mass is 334 g/mol. The molecule has 2 heterocycles. The standard InChI is InChI=1S/C18H20F2N2O2/c19-15-5-6-16(21-10-15)11-22-7-8-24-18(12-22,13-23)9-14-3-1-2-4-17(14)20/h1-6,10,23H,7-9,11-13H2/t18-/m0/s1. The van der Waals surface area contributed by atoms with Gasteiger partial charge in [-0.1, -0.05) is 18.2 Å². The number of aliphatic hydroxyl groups is 1. The Labute approximate surface area is 139 Å². The van der Waals surface area contributed by atoms with Crippen LogP contribution in [0.3, 0.4) is 0 Å². The molecule has 1 N–H and O–H groups in total. The van der Waals surface area contributed by atoms with Gasteiger partial charge >= 0.3 is 0 Å². The molecule has 0 spiro atoms. The number of ether oxygens (including phenoxy) is 1. The average Bonchev–Trinajstić information content (AvgIpc) is 2.59. The van der Waals surface area contributed by atoms with Crippen molar-refractivity contribution in [3.63, 3.8) is 0 Å². The quantitative estimate of drug-likeness (QED) is 0.910. The summed E-state index contributed by atoms with van der Waals surface area (Å²) in [5.74, 6) is -0.670. The Kier molecular flexibility index (Phi) is 5.18. The van der Waals surface area contributed by atoms with Crippen LogP contribution in [0.1, 0.15) is 11.3 Å². The zero-order valence-corrected chi connectivity index (χ0v) is 13.3. The van der Waals surface area contributed by atoms with E-state index in [9.17, 15) is 13.9 Å². The second-order valence-electron chi connectivity index (χ2n) is 6.14. The molecule has 0 saturated carbocycles. The van der Waals surface area contributed by atoms with Gasteiger partial charge in [0.05, 0.1) is 25.1 Å². The first kappa shape index (κ1) is 17.0. The third-order valence-corrected chi connectivity index (χ3v) is 4.26. The summed E-state index contributed by atoms with van der Waals surface area (Å²) in [5, 5.41) is 9.87. The van der Waals surface area contributed by atoms with Gasteiger partial charge in [0.1, 0.15) is 17.2 Å². The molecule has 3 rings (SSSR count). The van der Waals surface area contributed by atoms with Crippen molar-refractivity contribution in [3.8, 4) is 0 Å². The molecule has 4 nitrogen and oxygen atoms in total. The molecule has 1 aliphatic rings. The van der Waals surface area contributed by atoms with E-state index in [1.54, 1.807) is 24.3 Å². The molecule has 0 bridgehead atoms. The Morgan fingerprint density at radius 3 is 2.75 bits per heavy atom. The minimum Gasteiger partial charge on any atom is -0.393 e. The molecule has 2 aromatic rings. The van der Waals surface area contributed by atoms with Gasteiger partial charge in [0, 0.05) is 26.1 Å². The topological polar surface area (TPSA) is 45.6 Å². The predicted molar refractivity (Wildman–Crippen MR) is 85.3 cm³/mol. The molecule has 0 unspecified atom stereocenters. The highest BCUT2D eigenvalue weighted by Crippen LogP contribution is 2.25. The summed E-state index contributed by atoms with van der Waals surface area (Å²) in [5.41, 5.74) is 0.421. The zero-order valence-electron chi connectivity index (χ0n) is 13.3. The van der Waals surface area contributed by atoms with Crippen LogP contribution in [0.5, 0.6) is 0 Å². The fourth-order valence-electron chi connectivity index (χ4n) is 3.03. The lowest BCUT2D eigenvalue weighted by molar-refractivity contribution is -0.134. The van der Waals surface area contributed by atoms with Crippen molar-refractivity contribution in [2.24, 2.45) is 0 Å². The van der Waals surface area contributed by atoms with Crippen LogP contribution in [-0.2, 0) is 17.7 Å². The number of morpholine rings is 1. The van der Waals surface area contributed by atoms with Crippen molar-refractivity contribution in [1.82, 2.24) is 9.88 Å². The predicted octanol–water partition coefficient (Wildman–Crippen LogP) is 2.17. The number of aliphatic hydroxyl groups excluding tert-OH is 1. The van der Waals surface area contributed by atoms with Crippen LogP contribution in [0.4, 0.5) is 8.78 Å². The van der Waals surface area contributed by atoms with Crippen LogP contribution in [0.25, 0.3) is 0 Å². The number of aromatic nitrogens is 1. The van der Waals surface area contributed by atoms with Crippen LogP contribution < -0.4 is 0 Å². The van der Waals surface area contributed by atoms with Crippen molar-refractivity contribution >= 4 is 0 Å². The summed E-state index contributed by atoms with van der Waals surface area (Å²) >= 11 is 0. The molecular weight excluding hydrogens is 314 g/mol. The Bertz CT molecular complexity index is 681. The smallest absolute Gasteiger partial charge is 0.141 e. The Hall–Kier alpha value is -1.89. The average molecular weight is 334 g/mol. The fraction of sp³-hybridized carbons (Fsp3) is 0.389. The van der Waals surface area contributed by atoms with Gasteiger partial charge < -0.3 is 9.84 Å². The summed E-state index contributed by atoms with van der Waals surface area (Å²) < 4.78 is 32.7. The summed E-state index contributed by atoms with van der Waals surface area (Å²) in [6.45, 7) is 1.91. The Morgan fingerprint density at radius 2 is 2.04 bits per heavy atom. The van der Waals surface area contributed by atoms with E-state index < -0.39 is 5.60 Å². The normalized spacial score (nSPS) is 21.8. The van der Waals surface area contributed by atoms with Crippen molar-refractivity contribution in [2.75, 3.05) is 26.3 Å². The molecule has 1 atom stereocenters. The van der Waals surface area contributed by atoms with E-state index in [0.717, 1.165) is 5.69 Å². The minimum absolute atomic E-state index is 0.200. The highest BCUT2D eigenvalue weighted by atomic mass is 19.1. The van der Waals surface area contributed by atoms with Crippen LogP contribution in [0.15, 0.2) is 42.6 Å². The Morgan fingerprint density at radius 1 is 1.21 bits per heavy atom. The maximum atomic E-state index is 13.9. The third-order valence-electron chi connectivity index (χ3n) is 4.26. The third kappa shape index (κ3) is 3.95. The number of pyridine rings is 1. The second kappa shape index (κ2) is 7.34. The summed E-state index contributed by atoms with van der Waals surface area (Å²) in [7, 11) is 0. The lowest BCUT2D eigenvalue weighted by Crippen LogP contribution is -2.55. The molecule has 0 aliphatic carbocycles. The summed E-state index contributed by atoms with van der Waals surface area (Å²) in [4.78, 5) is 6.15. The van der Waals surface area contributed by atoms with Crippen molar-refractivity contribution in [1.29, 1.82) is 0 Å². The molecular formula is C18H20F2N2O2. The van der Waals surface area contributed by atoms with Gasteiger partial charge in [-0.3, -0.25) is 9.88 Å². The largest absolute Gasteiger partial charge is 0.393 e. The second-order valence-corrected chi connectivity index (χ2v) is 6.14. The van der Waals surface area contributed by atoms with Crippen LogP contribution >= 0.6 is 0 Å². The van der Waals surface area contributed by atoms with E-state index in [-0.39, 0.29) is 18.2 Å². The number of rotatable bonds is 5. The van der Waals surface area contributed by atoms with Gasteiger partial charge in [0.25, 0.3) is 0 Å². The molecule has 24 heavy (non-hydrogen) atoms. The van der Waals surface area contributed by atoms with Gasteiger partial charge in [-0.25, -0.2) is 8.78 Å². The van der Waals surface area contributed by atoms with E-state index in [2.05, 4.69) is 9.88 Å². The summed E-state index contributed by atoms with van der Waals surface area (Å²) in [6.07, 6.45) is 1.48. The van der Waals surface area contributed by atoms with Crippen LogP contribution in [-0.4, -0.2) is 46.9 Å². The highest BCUT2D eigenvalue weighted by molar-refractivity contribution is 5.20. The molecule has 1 fully saturated rings.